The van der Waals surface area contributed by atoms with Crippen molar-refractivity contribution < 1.29 is 14.6 Å². The first-order valence-corrected chi connectivity index (χ1v) is 7.25. The van der Waals surface area contributed by atoms with Gasteiger partial charge in [0.25, 0.3) is 0 Å². The molecule has 6 heteroatoms. The lowest BCUT2D eigenvalue weighted by molar-refractivity contribution is -0.0818. The van der Waals surface area contributed by atoms with Crippen LogP contribution in [0.5, 0.6) is 6.01 Å². The first-order chi connectivity index (χ1) is 9.88. The highest BCUT2D eigenvalue weighted by Crippen LogP contribution is 2.34. The Hall–Kier alpha value is -1.24. The Labute approximate surface area is 118 Å². The molecule has 20 heavy (non-hydrogen) atoms. The summed E-state index contributed by atoms with van der Waals surface area (Å²) in [6, 6.07) is 2.62. The van der Waals surface area contributed by atoms with E-state index in [2.05, 4.69) is 14.9 Å². The number of fused-ring (bicyclic) bond motifs is 1. The number of ether oxygens (including phenoxy) is 2. The molecule has 1 aromatic heterocycles. The lowest BCUT2D eigenvalue weighted by Gasteiger charge is -2.38. The highest BCUT2D eigenvalue weighted by Gasteiger charge is 2.42. The van der Waals surface area contributed by atoms with Gasteiger partial charge in [0.05, 0.1) is 25.9 Å². The third-order valence-corrected chi connectivity index (χ3v) is 4.19. The van der Waals surface area contributed by atoms with Crippen LogP contribution < -0.4 is 4.74 Å². The summed E-state index contributed by atoms with van der Waals surface area (Å²) in [5.41, 5.74) is 0. The third kappa shape index (κ3) is 2.92. The van der Waals surface area contributed by atoms with Crippen LogP contribution in [-0.2, 0) is 4.74 Å². The first-order valence-electron chi connectivity index (χ1n) is 7.25. The van der Waals surface area contributed by atoms with Crippen LogP contribution in [0.15, 0.2) is 18.5 Å². The number of aromatic nitrogens is 2. The fraction of sp³-hybridized carbons (Fsp3) is 0.714. The lowest BCUT2D eigenvalue weighted by atomic mass is 10.0. The normalized spacial score (nSPS) is 30.1. The van der Waals surface area contributed by atoms with E-state index < -0.39 is 0 Å². The molecule has 2 aliphatic rings. The van der Waals surface area contributed by atoms with Gasteiger partial charge in [0.2, 0.25) is 0 Å². The highest BCUT2D eigenvalue weighted by molar-refractivity contribution is 4.97. The molecule has 0 unspecified atom stereocenters. The predicted molar refractivity (Wildman–Crippen MR) is 72.4 cm³/mol. The van der Waals surface area contributed by atoms with Gasteiger partial charge < -0.3 is 14.6 Å². The average Bonchev–Trinajstić information content (AvgIpc) is 2.91. The molecule has 0 aromatic carbocycles. The van der Waals surface area contributed by atoms with E-state index in [1.807, 2.05) is 0 Å². The largest absolute Gasteiger partial charge is 0.463 e. The molecule has 0 amide bonds. The number of β-amino-alcohol motifs (C(OH)–C–C–N with tert-alkyl or cyclic N) is 1. The van der Waals surface area contributed by atoms with E-state index in [0.29, 0.717) is 24.6 Å². The topological polar surface area (TPSA) is 67.7 Å². The van der Waals surface area contributed by atoms with Gasteiger partial charge in [0, 0.05) is 37.4 Å². The van der Waals surface area contributed by atoms with Crippen molar-refractivity contribution >= 4 is 0 Å². The van der Waals surface area contributed by atoms with Gasteiger partial charge in [-0.15, -0.1) is 0 Å². The molecule has 1 aliphatic carbocycles. The zero-order valence-corrected chi connectivity index (χ0v) is 11.5. The summed E-state index contributed by atoms with van der Waals surface area (Å²) in [5, 5.41) is 9.13. The van der Waals surface area contributed by atoms with Gasteiger partial charge in [-0.2, -0.15) is 0 Å². The molecular weight excluding hydrogens is 258 g/mol. The van der Waals surface area contributed by atoms with Gasteiger partial charge in [-0.25, -0.2) is 9.97 Å². The van der Waals surface area contributed by atoms with E-state index >= 15 is 0 Å². The van der Waals surface area contributed by atoms with Crippen molar-refractivity contribution in [2.75, 3.05) is 32.9 Å². The van der Waals surface area contributed by atoms with Gasteiger partial charge in [0.15, 0.2) is 0 Å². The van der Waals surface area contributed by atoms with Crippen molar-refractivity contribution in [2.24, 2.45) is 5.92 Å². The minimum atomic E-state index is 0.207. The fourth-order valence-corrected chi connectivity index (χ4v) is 3.26. The SMILES string of the molecule is OCCN1CCO[C@@H]2[C@@H](COc3ncccn3)CC[C@H]21. The summed E-state index contributed by atoms with van der Waals surface area (Å²) in [7, 11) is 0. The zero-order chi connectivity index (χ0) is 13.8. The van der Waals surface area contributed by atoms with E-state index in [0.717, 1.165) is 32.5 Å². The molecule has 3 atom stereocenters. The molecule has 2 fully saturated rings. The van der Waals surface area contributed by atoms with Crippen LogP contribution in [0.1, 0.15) is 12.8 Å². The van der Waals surface area contributed by atoms with E-state index in [-0.39, 0.29) is 12.7 Å². The van der Waals surface area contributed by atoms with Crippen LogP contribution >= 0.6 is 0 Å². The molecule has 1 saturated carbocycles. The van der Waals surface area contributed by atoms with Crippen LogP contribution in [-0.4, -0.2) is 65.0 Å². The van der Waals surface area contributed by atoms with Crippen molar-refractivity contribution in [3.05, 3.63) is 18.5 Å². The van der Waals surface area contributed by atoms with E-state index in [9.17, 15) is 0 Å². The van der Waals surface area contributed by atoms with Crippen molar-refractivity contribution in [1.82, 2.24) is 14.9 Å². The summed E-state index contributed by atoms with van der Waals surface area (Å²) < 4.78 is 11.6. The molecule has 1 aromatic rings. The Morgan fingerprint density at radius 2 is 2.20 bits per heavy atom. The summed E-state index contributed by atoms with van der Waals surface area (Å²) in [6.07, 6.45) is 5.76. The lowest BCUT2D eigenvalue weighted by Crippen LogP contribution is -2.51. The number of aliphatic hydroxyl groups excluding tert-OH is 1. The minimum absolute atomic E-state index is 0.207. The van der Waals surface area contributed by atoms with Crippen LogP contribution in [0.4, 0.5) is 0 Å². The molecule has 3 rings (SSSR count). The maximum absolute atomic E-state index is 9.13. The van der Waals surface area contributed by atoms with Crippen molar-refractivity contribution in [3.8, 4) is 6.01 Å². The van der Waals surface area contributed by atoms with Crippen LogP contribution in [0.25, 0.3) is 0 Å². The second-order valence-electron chi connectivity index (χ2n) is 5.34. The molecule has 1 N–H and O–H groups in total. The molecule has 110 valence electrons. The van der Waals surface area contributed by atoms with Crippen LogP contribution in [0.3, 0.4) is 0 Å². The minimum Gasteiger partial charge on any atom is -0.463 e. The van der Waals surface area contributed by atoms with E-state index in [1.54, 1.807) is 18.5 Å². The molecule has 0 radical (unpaired) electrons. The Kier molecular flexibility index (Phi) is 4.44. The maximum Gasteiger partial charge on any atom is 0.316 e. The molecule has 6 nitrogen and oxygen atoms in total. The molecular formula is C14H21N3O3. The number of hydrogen-bond acceptors (Lipinski definition) is 6. The summed E-state index contributed by atoms with van der Waals surface area (Å²) in [5.74, 6) is 0.380. The Morgan fingerprint density at radius 3 is 3.00 bits per heavy atom. The number of hydrogen-bond donors (Lipinski definition) is 1. The number of nitrogens with zero attached hydrogens (tertiary/aromatic N) is 3. The van der Waals surface area contributed by atoms with E-state index in [1.165, 1.54) is 0 Å². The highest BCUT2D eigenvalue weighted by atomic mass is 16.5. The molecule has 1 saturated heterocycles. The third-order valence-electron chi connectivity index (χ3n) is 4.19. The molecule has 2 heterocycles. The Bertz CT molecular complexity index is 415. The van der Waals surface area contributed by atoms with E-state index in [4.69, 9.17) is 14.6 Å². The zero-order valence-electron chi connectivity index (χ0n) is 11.5. The molecule has 0 bridgehead atoms. The standard InChI is InChI=1S/C14H21N3O3/c18-8-6-17-7-9-19-13-11(2-3-12(13)17)10-20-14-15-4-1-5-16-14/h1,4-5,11-13,18H,2-3,6-10H2/t11-,12-,13-/m1/s1. The Balaban J connectivity index is 1.56. The smallest absolute Gasteiger partial charge is 0.316 e. The summed E-state index contributed by atoms with van der Waals surface area (Å²) in [6.45, 7) is 3.19. The number of aliphatic hydroxyl groups is 1. The van der Waals surface area contributed by atoms with Crippen molar-refractivity contribution in [1.29, 1.82) is 0 Å². The monoisotopic (exact) mass is 279 g/mol. The van der Waals surface area contributed by atoms with Crippen LogP contribution in [0.2, 0.25) is 0 Å². The number of rotatable bonds is 5. The predicted octanol–water partition coefficient (Wildman–Crippen LogP) is 0.327. The van der Waals surface area contributed by atoms with Crippen molar-refractivity contribution in [2.45, 2.75) is 25.0 Å². The summed E-state index contributed by atoms with van der Waals surface area (Å²) in [4.78, 5) is 10.5. The molecule has 1 aliphatic heterocycles. The summed E-state index contributed by atoms with van der Waals surface area (Å²) >= 11 is 0. The van der Waals surface area contributed by atoms with Gasteiger partial charge in [-0.1, -0.05) is 0 Å². The van der Waals surface area contributed by atoms with Gasteiger partial charge >= 0.3 is 6.01 Å². The fourth-order valence-electron chi connectivity index (χ4n) is 3.26. The first kappa shape index (κ1) is 13.7. The average molecular weight is 279 g/mol. The maximum atomic E-state index is 9.13. The second-order valence-corrected chi connectivity index (χ2v) is 5.34. The van der Waals surface area contributed by atoms with Crippen LogP contribution in [0, 0.1) is 5.92 Å². The number of morpholine rings is 1. The van der Waals surface area contributed by atoms with Gasteiger partial charge in [-0.05, 0) is 18.9 Å². The second kappa shape index (κ2) is 6.47. The van der Waals surface area contributed by atoms with Gasteiger partial charge in [0.1, 0.15) is 0 Å². The van der Waals surface area contributed by atoms with Gasteiger partial charge in [-0.3, -0.25) is 4.90 Å². The Morgan fingerprint density at radius 1 is 1.35 bits per heavy atom. The van der Waals surface area contributed by atoms with Crippen molar-refractivity contribution in [3.63, 3.8) is 0 Å². The molecule has 0 spiro atoms. The quantitative estimate of drug-likeness (QED) is 0.837.